The van der Waals surface area contributed by atoms with Crippen LogP contribution in [0, 0.1) is 0 Å². The predicted molar refractivity (Wildman–Crippen MR) is 79.5 cm³/mol. The first-order chi connectivity index (χ1) is 10.2. The largest absolute Gasteiger partial charge is 0.478 e. The first-order valence-electron chi connectivity index (χ1n) is 6.79. The van der Waals surface area contributed by atoms with Crippen LogP contribution in [0.4, 0.5) is 0 Å². The molecule has 1 N–H and O–H groups in total. The van der Waals surface area contributed by atoms with E-state index in [-0.39, 0.29) is 0 Å². The number of aromatic nitrogens is 4. The maximum absolute atomic E-state index is 10.6. The van der Waals surface area contributed by atoms with E-state index in [1.54, 1.807) is 22.2 Å². The van der Waals surface area contributed by atoms with Gasteiger partial charge < -0.3 is 5.11 Å². The van der Waals surface area contributed by atoms with Crippen molar-refractivity contribution in [2.45, 2.75) is 25.7 Å². The summed E-state index contributed by atoms with van der Waals surface area (Å²) in [5, 5.41) is 14.0. The Morgan fingerprint density at radius 1 is 1.38 bits per heavy atom. The monoisotopic (exact) mass is 300 g/mol. The van der Waals surface area contributed by atoms with Gasteiger partial charge in [-0.05, 0) is 37.3 Å². The van der Waals surface area contributed by atoms with E-state index >= 15 is 0 Å². The first kappa shape index (κ1) is 12.5. The molecule has 0 fully saturated rings. The van der Waals surface area contributed by atoms with Gasteiger partial charge in [-0.3, -0.25) is 0 Å². The summed E-state index contributed by atoms with van der Waals surface area (Å²) in [4.78, 5) is 21.9. The minimum Gasteiger partial charge on any atom is -0.478 e. The zero-order valence-electron chi connectivity index (χ0n) is 11.1. The Morgan fingerprint density at radius 3 is 3.10 bits per heavy atom. The SMILES string of the molecule is O=C(O)/C=C/c1nc2c3c4c(sc3ncn2n1)CCCC4. The molecule has 4 rings (SSSR count). The average molecular weight is 300 g/mol. The molecule has 0 bridgehead atoms. The molecule has 3 aromatic heterocycles. The number of hydrogen-bond acceptors (Lipinski definition) is 5. The van der Waals surface area contributed by atoms with Crippen molar-refractivity contribution in [1.29, 1.82) is 0 Å². The number of carboxylic acid groups (broad SMARTS) is 1. The van der Waals surface area contributed by atoms with Gasteiger partial charge in [-0.25, -0.2) is 19.3 Å². The molecule has 0 radical (unpaired) electrons. The molecule has 0 aliphatic heterocycles. The lowest BCUT2D eigenvalue weighted by Crippen LogP contribution is -1.99. The Morgan fingerprint density at radius 2 is 2.24 bits per heavy atom. The van der Waals surface area contributed by atoms with Gasteiger partial charge in [0.2, 0.25) is 0 Å². The molecule has 0 saturated carbocycles. The van der Waals surface area contributed by atoms with Crippen LogP contribution in [0.5, 0.6) is 0 Å². The Bertz CT molecular complexity index is 893. The number of nitrogens with zero attached hydrogens (tertiary/aromatic N) is 4. The van der Waals surface area contributed by atoms with E-state index in [1.165, 1.54) is 29.4 Å². The van der Waals surface area contributed by atoms with Crippen LogP contribution in [0.3, 0.4) is 0 Å². The van der Waals surface area contributed by atoms with Gasteiger partial charge in [0.15, 0.2) is 11.5 Å². The highest BCUT2D eigenvalue weighted by Gasteiger charge is 2.20. The zero-order valence-corrected chi connectivity index (χ0v) is 11.9. The van der Waals surface area contributed by atoms with Crippen LogP contribution < -0.4 is 0 Å². The van der Waals surface area contributed by atoms with Crippen LogP contribution in [0.15, 0.2) is 12.4 Å². The molecule has 0 spiro atoms. The van der Waals surface area contributed by atoms with Crippen molar-refractivity contribution in [1.82, 2.24) is 19.6 Å². The number of aliphatic carboxylic acids is 1. The van der Waals surface area contributed by atoms with Gasteiger partial charge in [0, 0.05) is 11.0 Å². The normalized spacial score (nSPS) is 15.0. The van der Waals surface area contributed by atoms with Crippen molar-refractivity contribution in [2.75, 3.05) is 0 Å². The predicted octanol–water partition coefficient (Wildman–Crippen LogP) is 2.32. The number of rotatable bonds is 2. The Labute approximate surface area is 123 Å². The average Bonchev–Trinajstić information content (AvgIpc) is 3.04. The third kappa shape index (κ3) is 2.01. The molecular formula is C14H12N4O2S. The second kappa shape index (κ2) is 4.63. The summed E-state index contributed by atoms with van der Waals surface area (Å²) in [6, 6.07) is 0. The van der Waals surface area contributed by atoms with Crippen LogP contribution >= 0.6 is 11.3 Å². The van der Waals surface area contributed by atoms with E-state index in [0.717, 1.165) is 34.8 Å². The highest BCUT2D eigenvalue weighted by atomic mass is 32.1. The van der Waals surface area contributed by atoms with Crippen LogP contribution in [0.25, 0.3) is 21.9 Å². The summed E-state index contributed by atoms with van der Waals surface area (Å²) in [6.45, 7) is 0. The molecule has 1 aliphatic carbocycles. The van der Waals surface area contributed by atoms with Gasteiger partial charge in [0.1, 0.15) is 11.2 Å². The molecule has 0 saturated heterocycles. The van der Waals surface area contributed by atoms with Crippen LogP contribution in [0.1, 0.15) is 29.1 Å². The van der Waals surface area contributed by atoms with Crippen molar-refractivity contribution in [2.24, 2.45) is 0 Å². The first-order valence-corrected chi connectivity index (χ1v) is 7.60. The number of aryl methyl sites for hydroxylation is 2. The molecule has 6 nitrogen and oxygen atoms in total. The maximum Gasteiger partial charge on any atom is 0.328 e. The van der Waals surface area contributed by atoms with Gasteiger partial charge in [-0.15, -0.1) is 16.4 Å². The molecule has 0 amide bonds. The molecule has 1 aliphatic rings. The lowest BCUT2D eigenvalue weighted by atomic mass is 9.97. The lowest BCUT2D eigenvalue weighted by Gasteiger charge is -2.09. The highest BCUT2D eigenvalue weighted by Crippen LogP contribution is 2.36. The maximum atomic E-state index is 10.6. The molecule has 0 atom stereocenters. The van der Waals surface area contributed by atoms with E-state index < -0.39 is 5.97 Å². The van der Waals surface area contributed by atoms with Crippen LogP contribution in [0.2, 0.25) is 0 Å². The van der Waals surface area contributed by atoms with Gasteiger partial charge >= 0.3 is 5.97 Å². The second-order valence-corrected chi connectivity index (χ2v) is 6.13. The van der Waals surface area contributed by atoms with Crippen molar-refractivity contribution in [3.63, 3.8) is 0 Å². The number of thiophene rings is 1. The molecule has 21 heavy (non-hydrogen) atoms. The number of hydrogen-bond donors (Lipinski definition) is 1. The molecule has 3 heterocycles. The van der Waals surface area contributed by atoms with Gasteiger partial charge in [0.25, 0.3) is 0 Å². The molecule has 7 heteroatoms. The fourth-order valence-electron chi connectivity index (χ4n) is 2.79. The van der Waals surface area contributed by atoms with E-state index in [2.05, 4.69) is 15.1 Å². The fourth-order valence-corrected chi connectivity index (χ4v) is 4.01. The summed E-state index contributed by atoms with van der Waals surface area (Å²) < 4.78 is 1.63. The lowest BCUT2D eigenvalue weighted by molar-refractivity contribution is -0.131. The minimum atomic E-state index is -1.01. The fraction of sp³-hybridized carbons (Fsp3) is 0.286. The number of fused-ring (bicyclic) bond motifs is 5. The summed E-state index contributed by atoms with van der Waals surface area (Å²) in [5.41, 5.74) is 2.12. The standard InChI is InChI=1S/C14H12N4O2S/c19-11(20)6-5-10-16-13-12-8-3-1-2-4-9(8)21-14(12)15-7-18(13)17-10/h5-7H,1-4H2,(H,19,20)/b6-5+. The second-order valence-electron chi connectivity index (χ2n) is 5.05. The summed E-state index contributed by atoms with van der Waals surface area (Å²) in [7, 11) is 0. The van der Waals surface area contributed by atoms with Gasteiger partial charge in [-0.1, -0.05) is 0 Å². The summed E-state index contributed by atoms with van der Waals surface area (Å²) in [6.07, 6.45) is 8.69. The zero-order chi connectivity index (χ0) is 14.4. The number of carboxylic acids is 1. The van der Waals surface area contributed by atoms with Crippen LogP contribution in [-0.2, 0) is 17.6 Å². The van der Waals surface area contributed by atoms with Crippen molar-refractivity contribution < 1.29 is 9.90 Å². The van der Waals surface area contributed by atoms with E-state index in [1.807, 2.05) is 0 Å². The van der Waals surface area contributed by atoms with Crippen molar-refractivity contribution >= 4 is 39.2 Å². The highest BCUT2D eigenvalue weighted by molar-refractivity contribution is 7.19. The van der Waals surface area contributed by atoms with E-state index in [4.69, 9.17) is 5.11 Å². The van der Waals surface area contributed by atoms with Gasteiger partial charge in [0.05, 0.1) is 5.39 Å². The molecular weight excluding hydrogens is 288 g/mol. The van der Waals surface area contributed by atoms with E-state index in [0.29, 0.717) is 5.82 Å². The van der Waals surface area contributed by atoms with Crippen LogP contribution in [-0.4, -0.2) is 30.7 Å². The van der Waals surface area contributed by atoms with Crippen molar-refractivity contribution in [3.05, 3.63) is 28.7 Å². The molecule has 3 aromatic rings. The summed E-state index contributed by atoms with van der Waals surface area (Å²) >= 11 is 1.74. The smallest absolute Gasteiger partial charge is 0.328 e. The van der Waals surface area contributed by atoms with Gasteiger partial charge in [-0.2, -0.15) is 0 Å². The Balaban J connectivity index is 1.95. The minimum absolute atomic E-state index is 0.391. The molecule has 0 aromatic carbocycles. The number of carbonyl (C=O) groups is 1. The Hall–Kier alpha value is -2.28. The third-order valence-electron chi connectivity index (χ3n) is 3.68. The summed E-state index contributed by atoms with van der Waals surface area (Å²) in [5.74, 6) is -0.618. The quantitative estimate of drug-likeness (QED) is 0.735. The third-order valence-corrected chi connectivity index (χ3v) is 4.88. The molecule has 0 unspecified atom stereocenters. The topological polar surface area (TPSA) is 80.4 Å². The molecule has 106 valence electrons. The van der Waals surface area contributed by atoms with E-state index in [9.17, 15) is 4.79 Å². The van der Waals surface area contributed by atoms with Crippen molar-refractivity contribution in [3.8, 4) is 0 Å². The Kier molecular flexibility index (Phi) is 2.75.